The average Bonchev–Trinajstić information content (AvgIpc) is 3.27. The number of rotatable bonds is 8. The van der Waals surface area contributed by atoms with Gasteiger partial charge in [-0.2, -0.15) is 4.98 Å². The number of anilines is 3. The Morgan fingerprint density at radius 1 is 1.04 bits per heavy atom. The van der Waals surface area contributed by atoms with E-state index in [9.17, 15) is 0 Å². The van der Waals surface area contributed by atoms with Crippen molar-refractivity contribution in [2.45, 2.75) is 25.6 Å². The van der Waals surface area contributed by atoms with E-state index in [0.717, 1.165) is 48.8 Å². The lowest BCUT2D eigenvalue weighted by Crippen LogP contribution is -2.19. The van der Waals surface area contributed by atoms with Crippen LogP contribution in [-0.4, -0.2) is 29.2 Å². The summed E-state index contributed by atoms with van der Waals surface area (Å²) in [7, 11) is 0. The summed E-state index contributed by atoms with van der Waals surface area (Å²) in [5, 5.41) is 6.54. The summed E-state index contributed by atoms with van der Waals surface area (Å²) in [6.07, 6.45) is 4.21. The van der Waals surface area contributed by atoms with Crippen molar-refractivity contribution in [2.75, 3.05) is 23.8 Å². The van der Waals surface area contributed by atoms with Crippen LogP contribution in [-0.2, 0) is 11.3 Å². The predicted molar refractivity (Wildman–Crippen MR) is 110 cm³/mol. The molecule has 0 aliphatic carbocycles. The van der Waals surface area contributed by atoms with Crippen molar-refractivity contribution in [1.82, 2.24) is 9.97 Å². The predicted octanol–water partition coefficient (Wildman–Crippen LogP) is 4.39. The van der Waals surface area contributed by atoms with Crippen molar-refractivity contribution in [3.63, 3.8) is 0 Å². The summed E-state index contributed by atoms with van der Waals surface area (Å²) in [4.78, 5) is 8.78. The summed E-state index contributed by atoms with van der Waals surface area (Å²) in [6.45, 7) is 2.13. The van der Waals surface area contributed by atoms with Crippen LogP contribution in [0.25, 0.3) is 0 Å². The first-order chi connectivity index (χ1) is 13.8. The molecular weight excluding hydrogens is 352 g/mol. The molecule has 2 heterocycles. The maximum atomic E-state index is 5.82. The van der Waals surface area contributed by atoms with Gasteiger partial charge in [0.15, 0.2) is 0 Å². The molecule has 1 aliphatic rings. The number of hydrogen-bond donors (Lipinski definition) is 2. The van der Waals surface area contributed by atoms with Crippen LogP contribution in [0.5, 0.6) is 5.75 Å². The molecule has 144 valence electrons. The van der Waals surface area contributed by atoms with E-state index in [1.54, 1.807) is 6.20 Å². The number of nitrogens with zero attached hydrogens (tertiary/aromatic N) is 2. The summed E-state index contributed by atoms with van der Waals surface area (Å²) < 4.78 is 11.4. The Kier molecular flexibility index (Phi) is 5.99. The van der Waals surface area contributed by atoms with Gasteiger partial charge >= 0.3 is 0 Å². The number of ether oxygens (including phenoxy) is 2. The Morgan fingerprint density at radius 2 is 1.89 bits per heavy atom. The summed E-state index contributed by atoms with van der Waals surface area (Å²) >= 11 is 0. The summed E-state index contributed by atoms with van der Waals surface area (Å²) in [5.41, 5.74) is 2.09. The molecule has 6 heteroatoms. The van der Waals surface area contributed by atoms with E-state index in [-0.39, 0.29) is 6.10 Å². The number of hydrogen-bond acceptors (Lipinski definition) is 6. The van der Waals surface area contributed by atoms with Crippen LogP contribution < -0.4 is 15.4 Å². The average molecular weight is 376 g/mol. The zero-order valence-corrected chi connectivity index (χ0v) is 15.7. The SMILES string of the molecule is c1ccc(COc2ccc(Nc3ccnc(NCC4CCCO4)n3)cc2)cc1. The van der Waals surface area contributed by atoms with Gasteiger partial charge in [0.2, 0.25) is 5.95 Å². The number of nitrogens with one attached hydrogen (secondary N) is 2. The molecule has 1 atom stereocenters. The zero-order chi connectivity index (χ0) is 19.0. The molecule has 0 spiro atoms. The quantitative estimate of drug-likeness (QED) is 0.608. The normalized spacial score (nSPS) is 15.9. The molecule has 6 nitrogen and oxygen atoms in total. The molecule has 0 bridgehead atoms. The van der Waals surface area contributed by atoms with Crippen molar-refractivity contribution in [3.05, 3.63) is 72.4 Å². The molecule has 1 fully saturated rings. The third-order valence-electron chi connectivity index (χ3n) is 4.54. The van der Waals surface area contributed by atoms with E-state index < -0.39 is 0 Å². The van der Waals surface area contributed by atoms with Crippen molar-refractivity contribution in [3.8, 4) is 5.75 Å². The largest absolute Gasteiger partial charge is 0.489 e. The molecule has 28 heavy (non-hydrogen) atoms. The van der Waals surface area contributed by atoms with Gasteiger partial charge < -0.3 is 20.1 Å². The Bertz CT molecular complexity index is 865. The van der Waals surface area contributed by atoms with Crippen molar-refractivity contribution >= 4 is 17.5 Å². The molecule has 0 amide bonds. The second-order valence-corrected chi connectivity index (χ2v) is 6.71. The Morgan fingerprint density at radius 3 is 2.68 bits per heavy atom. The van der Waals surface area contributed by atoms with Gasteiger partial charge in [0.05, 0.1) is 6.10 Å². The first kappa shape index (κ1) is 18.3. The molecule has 1 aromatic heterocycles. The Hall–Kier alpha value is -3.12. The van der Waals surface area contributed by atoms with E-state index >= 15 is 0 Å². The highest BCUT2D eigenvalue weighted by atomic mass is 16.5. The van der Waals surface area contributed by atoms with Gasteiger partial charge in [-0.3, -0.25) is 0 Å². The third kappa shape index (κ3) is 5.20. The molecule has 0 saturated carbocycles. The Balaban J connectivity index is 1.30. The third-order valence-corrected chi connectivity index (χ3v) is 4.54. The van der Waals surface area contributed by atoms with E-state index in [0.29, 0.717) is 12.6 Å². The molecule has 3 aromatic rings. The molecule has 2 N–H and O–H groups in total. The molecular formula is C22H24N4O2. The van der Waals surface area contributed by atoms with Gasteiger partial charge in [0, 0.05) is 25.0 Å². The second kappa shape index (κ2) is 9.19. The van der Waals surface area contributed by atoms with Gasteiger partial charge in [0.1, 0.15) is 18.2 Å². The van der Waals surface area contributed by atoms with Crippen LogP contribution in [0.15, 0.2) is 66.9 Å². The minimum atomic E-state index is 0.253. The number of aromatic nitrogens is 2. The van der Waals surface area contributed by atoms with Gasteiger partial charge in [-0.15, -0.1) is 0 Å². The smallest absolute Gasteiger partial charge is 0.224 e. The fraction of sp³-hybridized carbons (Fsp3) is 0.273. The lowest BCUT2D eigenvalue weighted by molar-refractivity contribution is 0.120. The fourth-order valence-corrected chi connectivity index (χ4v) is 3.05. The van der Waals surface area contributed by atoms with Gasteiger partial charge in [-0.05, 0) is 48.7 Å². The summed E-state index contributed by atoms with van der Waals surface area (Å²) in [6, 6.07) is 19.8. The van der Waals surface area contributed by atoms with Crippen LogP contribution in [0.4, 0.5) is 17.5 Å². The van der Waals surface area contributed by atoms with E-state index in [2.05, 4.69) is 32.7 Å². The molecule has 1 saturated heterocycles. The van der Waals surface area contributed by atoms with E-state index in [1.807, 2.05) is 48.5 Å². The van der Waals surface area contributed by atoms with Crippen LogP contribution >= 0.6 is 0 Å². The van der Waals surface area contributed by atoms with Crippen molar-refractivity contribution < 1.29 is 9.47 Å². The second-order valence-electron chi connectivity index (χ2n) is 6.71. The van der Waals surface area contributed by atoms with Crippen molar-refractivity contribution in [1.29, 1.82) is 0 Å². The lowest BCUT2D eigenvalue weighted by atomic mass is 10.2. The van der Waals surface area contributed by atoms with Crippen LogP contribution in [0.1, 0.15) is 18.4 Å². The minimum absolute atomic E-state index is 0.253. The number of benzene rings is 2. The van der Waals surface area contributed by atoms with E-state index in [1.165, 1.54) is 0 Å². The molecule has 2 aromatic carbocycles. The van der Waals surface area contributed by atoms with Gasteiger partial charge in [-0.1, -0.05) is 30.3 Å². The highest BCUT2D eigenvalue weighted by Gasteiger charge is 2.15. The van der Waals surface area contributed by atoms with Gasteiger partial charge in [0.25, 0.3) is 0 Å². The summed E-state index contributed by atoms with van der Waals surface area (Å²) in [5.74, 6) is 2.17. The van der Waals surface area contributed by atoms with Gasteiger partial charge in [-0.25, -0.2) is 4.98 Å². The maximum absolute atomic E-state index is 5.82. The van der Waals surface area contributed by atoms with Crippen LogP contribution in [0.3, 0.4) is 0 Å². The van der Waals surface area contributed by atoms with Crippen LogP contribution in [0.2, 0.25) is 0 Å². The first-order valence-corrected chi connectivity index (χ1v) is 9.57. The molecule has 4 rings (SSSR count). The molecule has 0 radical (unpaired) electrons. The Labute approximate surface area is 164 Å². The molecule has 1 unspecified atom stereocenters. The van der Waals surface area contributed by atoms with E-state index in [4.69, 9.17) is 9.47 Å². The maximum Gasteiger partial charge on any atom is 0.224 e. The fourth-order valence-electron chi connectivity index (χ4n) is 3.05. The van der Waals surface area contributed by atoms with Crippen LogP contribution in [0, 0.1) is 0 Å². The standard InChI is InChI=1S/C22H24N4O2/c1-2-5-17(6-3-1)16-28-19-10-8-18(9-11-19)25-21-12-13-23-22(26-21)24-15-20-7-4-14-27-20/h1-3,5-6,8-13,20H,4,7,14-16H2,(H2,23,24,25,26). The highest BCUT2D eigenvalue weighted by molar-refractivity contribution is 5.57. The monoisotopic (exact) mass is 376 g/mol. The molecule has 1 aliphatic heterocycles. The first-order valence-electron chi connectivity index (χ1n) is 9.57. The lowest BCUT2D eigenvalue weighted by Gasteiger charge is -2.12. The minimum Gasteiger partial charge on any atom is -0.489 e. The highest BCUT2D eigenvalue weighted by Crippen LogP contribution is 2.20. The topological polar surface area (TPSA) is 68.3 Å². The zero-order valence-electron chi connectivity index (χ0n) is 15.7. The van der Waals surface area contributed by atoms with Crippen molar-refractivity contribution in [2.24, 2.45) is 0 Å².